The summed E-state index contributed by atoms with van der Waals surface area (Å²) in [5.41, 5.74) is 0. The summed E-state index contributed by atoms with van der Waals surface area (Å²) >= 11 is 0. The highest BCUT2D eigenvalue weighted by atomic mass is 35.5. The number of piperazine rings is 1. The molecule has 1 aromatic heterocycles. The Morgan fingerprint density at radius 3 is 2.77 bits per heavy atom. The molecule has 0 spiro atoms. The topological polar surface area (TPSA) is 96.3 Å². The van der Waals surface area contributed by atoms with Gasteiger partial charge in [-0.15, -0.1) is 12.4 Å². The molecule has 1 fully saturated rings. The molecule has 1 saturated heterocycles. The lowest BCUT2D eigenvalue weighted by Gasteiger charge is -2.38. The van der Waals surface area contributed by atoms with E-state index in [-0.39, 0.29) is 42.0 Å². The summed E-state index contributed by atoms with van der Waals surface area (Å²) in [7, 11) is -2.07. The molecule has 1 aliphatic heterocycles. The minimum absolute atomic E-state index is 0. The van der Waals surface area contributed by atoms with Crippen LogP contribution < -0.4 is 10.0 Å². The van der Waals surface area contributed by atoms with Gasteiger partial charge in [-0.05, 0) is 13.8 Å². The second-order valence-electron chi connectivity index (χ2n) is 5.27. The van der Waals surface area contributed by atoms with E-state index in [2.05, 4.69) is 15.0 Å². The summed E-state index contributed by atoms with van der Waals surface area (Å²) in [6, 6.07) is 0.223. The number of carbonyl (C=O) groups excluding carboxylic acids is 1. The quantitative estimate of drug-likeness (QED) is 0.750. The number of rotatable bonds is 4. The molecule has 1 aromatic rings. The van der Waals surface area contributed by atoms with Crippen molar-refractivity contribution in [1.82, 2.24) is 24.5 Å². The first-order valence-electron chi connectivity index (χ1n) is 6.82. The van der Waals surface area contributed by atoms with Crippen LogP contribution in [-0.2, 0) is 21.9 Å². The van der Waals surface area contributed by atoms with Crippen LogP contribution in [-0.4, -0.2) is 60.5 Å². The molecule has 126 valence electrons. The van der Waals surface area contributed by atoms with E-state index in [0.717, 1.165) is 0 Å². The summed E-state index contributed by atoms with van der Waals surface area (Å²) in [6.07, 6.45) is 2.79. The zero-order valence-corrected chi connectivity index (χ0v) is 14.4. The van der Waals surface area contributed by atoms with Gasteiger partial charge in [0, 0.05) is 38.4 Å². The van der Waals surface area contributed by atoms with Gasteiger partial charge in [0.05, 0.1) is 12.9 Å². The number of carbonyl (C=O) groups is 1. The molecule has 0 aromatic carbocycles. The van der Waals surface area contributed by atoms with Crippen molar-refractivity contribution in [2.45, 2.75) is 31.0 Å². The molecule has 10 heteroatoms. The fourth-order valence-electron chi connectivity index (χ4n) is 2.27. The molecule has 2 rings (SSSR count). The number of sulfonamides is 1. The first-order chi connectivity index (χ1) is 9.81. The van der Waals surface area contributed by atoms with Crippen LogP contribution in [0.3, 0.4) is 0 Å². The van der Waals surface area contributed by atoms with Crippen LogP contribution in [0.25, 0.3) is 0 Å². The van der Waals surface area contributed by atoms with Crippen LogP contribution in [0.5, 0.6) is 0 Å². The van der Waals surface area contributed by atoms with Gasteiger partial charge in [-0.1, -0.05) is 0 Å². The molecule has 2 N–H and O–H groups in total. The fourth-order valence-corrected chi connectivity index (χ4v) is 3.22. The Hall–Kier alpha value is -1.16. The monoisotopic (exact) mass is 351 g/mol. The van der Waals surface area contributed by atoms with Crippen LogP contribution in [0.2, 0.25) is 0 Å². The van der Waals surface area contributed by atoms with E-state index in [4.69, 9.17) is 0 Å². The van der Waals surface area contributed by atoms with Gasteiger partial charge in [0.15, 0.2) is 5.03 Å². The smallest absolute Gasteiger partial charge is 0.260 e. The summed E-state index contributed by atoms with van der Waals surface area (Å²) in [4.78, 5) is 17.7. The van der Waals surface area contributed by atoms with Gasteiger partial charge in [0.1, 0.15) is 0 Å². The number of aryl methyl sites for hydroxylation is 1. The van der Waals surface area contributed by atoms with Crippen molar-refractivity contribution in [3.05, 3.63) is 12.5 Å². The number of hydrogen-bond donors (Lipinski definition) is 2. The molecule has 0 aliphatic carbocycles. The molecule has 0 radical (unpaired) electrons. The SMILES string of the molecule is CC1NCCN(C(=O)CNS(=O)(=O)c2cn(C)cn2)C1C.Cl. The first kappa shape index (κ1) is 18.9. The summed E-state index contributed by atoms with van der Waals surface area (Å²) in [5.74, 6) is -0.227. The van der Waals surface area contributed by atoms with Crippen LogP contribution >= 0.6 is 12.4 Å². The lowest BCUT2D eigenvalue weighted by molar-refractivity contribution is -0.133. The maximum Gasteiger partial charge on any atom is 0.260 e. The minimum atomic E-state index is -3.75. The summed E-state index contributed by atoms with van der Waals surface area (Å²) < 4.78 is 27.9. The van der Waals surface area contributed by atoms with E-state index in [0.29, 0.717) is 13.1 Å². The van der Waals surface area contributed by atoms with Crippen LogP contribution in [0.4, 0.5) is 0 Å². The number of nitrogens with zero attached hydrogens (tertiary/aromatic N) is 3. The Morgan fingerprint density at radius 1 is 1.50 bits per heavy atom. The average molecular weight is 352 g/mol. The molecule has 8 nitrogen and oxygen atoms in total. The maximum atomic E-state index is 12.2. The number of halogens is 1. The summed E-state index contributed by atoms with van der Waals surface area (Å²) in [6.45, 7) is 4.99. The Morgan fingerprint density at radius 2 is 2.18 bits per heavy atom. The zero-order chi connectivity index (χ0) is 15.6. The number of hydrogen-bond acceptors (Lipinski definition) is 5. The van der Waals surface area contributed by atoms with E-state index in [9.17, 15) is 13.2 Å². The van der Waals surface area contributed by atoms with Gasteiger partial charge in [0.25, 0.3) is 10.0 Å². The predicted molar refractivity (Wildman–Crippen MR) is 84.3 cm³/mol. The molecule has 22 heavy (non-hydrogen) atoms. The van der Waals surface area contributed by atoms with Gasteiger partial charge < -0.3 is 14.8 Å². The van der Waals surface area contributed by atoms with Gasteiger partial charge in [-0.2, -0.15) is 0 Å². The van der Waals surface area contributed by atoms with Crippen LogP contribution in [0, 0.1) is 0 Å². The Bertz CT molecular complexity index is 618. The zero-order valence-electron chi connectivity index (χ0n) is 12.8. The molecule has 2 heterocycles. The molecule has 2 atom stereocenters. The molecule has 1 amide bonds. The van der Waals surface area contributed by atoms with Crippen molar-refractivity contribution in [3.8, 4) is 0 Å². The second-order valence-corrected chi connectivity index (χ2v) is 6.99. The fraction of sp³-hybridized carbons (Fsp3) is 0.667. The van der Waals surface area contributed by atoms with E-state index in [1.807, 2.05) is 13.8 Å². The van der Waals surface area contributed by atoms with Crippen molar-refractivity contribution >= 4 is 28.3 Å². The second kappa shape index (κ2) is 7.40. The van der Waals surface area contributed by atoms with E-state index in [1.165, 1.54) is 17.1 Å². The highest BCUT2D eigenvalue weighted by Crippen LogP contribution is 2.09. The highest BCUT2D eigenvalue weighted by molar-refractivity contribution is 7.89. The Labute approximate surface area is 136 Å². The number of imidazole rings is 1. The van der Waals surface area contributed by atoms with Crippen molar-refractivity contribution < 1.29 is 13.2 Å². The number of nitrogens with one attached hydrogen (secondary N) is 2. The summed E-state index contributed by atoms with van der Waals surface area (Å²) in [5, 5.41) is 3.19. The third kappa shape index (κ3) is 4.19. The average Bonchev–Trinajstić information content (AvgIpc) is 2.87. The van der Waals surface area contributed by atoms with Gasteiger partial charge in [-0.3, -0.25) is 4.79 Å². The van der Waals surface area contributed by atoms with Gasteiger partial charge in [-0.25, -0.2) is 18.1 Å². The van der Waals surface area contributed by atoms with E-state index in [1.54, 1.807) is 11.9 Å². The standard InChI is InChI=1S/C12H21N5O3S.ClH/c1-9-10(2)17(5-4-13-9)12(18)6-15-21(19,20)11-7-16(3)8-14-11;/h7-10,13,15H,4-6H2,1-3H3;1H. The maximum absolute atomic E-state index is 12.2. The number of aromatic nitrogens is 2. The van der Waals surface area contributed by atoms with Gasteiger partial charge >= 0.3 is 0 Å². The van der Waals surface area contributed by atoms with E-state index >= 15 is 0 Å². The minimum Gasteiger partial charge on any atom is -0.339 e. The highest BCUT2D eigenvalue weighted by Gasteiger charge is 2.29. The molecule has 0 saturated carbocycles. The van der Waals surface area contributed by atoms with Crippen LogP contribution in [0.15, 0.2) is 17.6 Å². The molecule has 0 bridgehead atoms. The molecular weight excluding hydrogens is 330 g/mol. The Balaban J connectivity index is 0.00000242. The largest absolute Gasteiger partial charge is 0.339 e. The lowest BCUT2D eigenvalue weighted by atomic mass is 10.1. The molecule has 2 unspecified atom stereocenters. The predicted octanol–water partition coefficient (Wildman–Crippen LogP) is -0.671. The number of amides is 1. The first-order valence-corrected chi connectivity index (χ1v) is 8.30. The van der Waals surface area contributed by atoms with Crippen molar-refractivity contribution in [1.29, 1.82) is 0 Å². The third-order valence-corrected chi connectivity index (χ3v) is 5.01. The Kier molecular flexibility index (Phi) is 6.36. The van der Waals surface area contributed by atoms with Gasteiger partial charge in [0.2, 0.25) is 5.91 Å². The van der Waals surface area contributed by atoms with Crippen molar-refractivity contribution in [3.63, 3.8) is 0 Å². The van der Waals surface area contributed by atoms with Crippen molar-refractivity contribution in [2.24, 2.45) is 7.05 Å². The van der Waals surface area contributed by atoms with E-state index < -0.39 is 10.0 Å². The van der Waals surface area contributed by atoms with Crippen molar-refractivity contribution in [2.75, 3.05) is 19.6 Å². The van der Waals surface area contributed by atoms with Crippen LogP contribution in [0.1, 0.15) is 13.8 Å². The third-order valence-electron chi connectivity index (χ3n) is 3.72. The molecule has 1 aliphatic rings. The lowest BCUT2D eigenvalue weighted by Crippen LogP contribution is -2.58. The molecular formula is C12H22ClN5O3S. The normalized spacial score (nSPS) is 22.2.